The number of carboxylic acids is 1. The van der Waals surface area contributed by atoms with Crippen LogP contribution in [0.4, 0.5) is 0 Å². The van der Waals surface area contributed by atoms with Crippen LogP contribution in [0.1, 0.15) is 19.8 Å². The van der Waals surface area contributed by atoms with Crippen LogP contribution >= 0.6 is 0 Å². The Hall–Kier alpha value is -2.29. The third-order valence-electron chi connectivity index (χ3n) is 2.88. The van der Waals surface area contributed by atoms with E-state index in [1.54, 1.807) is 0 Å². The van der Waals surface area contributed by atoms with Crippen LogP contribution in [0.2, 0.25) is 0 Å². The van der Waals surface area contributed by atoms with Crippen molar-refractivity contribution < 1.29 is 9.90 Å². The molecule has 0 saturated carbocycles. The number of hydrogen-bond donors (Lipinski definition) is 2. The number of aromatic amines is 1. The van der Waals surface area contributed by atoms with Gasteiger partial charge in [0.05, 0.1) is 0 Å². The molecule has 0 atom stereocenters. The van der Waals surface area contributed by atoms with Crippen LogP contribution in [-0.2, 0) is 4.79 Å². The minimum atomic E-state index is -0.711. The maximum absolute atomic E-state index is 9.60. The highest BCUT2D eigenvalue weighted by Crippen LogP contribution is 2.24. The molecule has 3 nitrogen and oxygen atoms in total. The lowest BCUT2D eigenvalue weighted by Gasteiger charge is -1.87. The fourth-order valence-electron chi connectivity index (χ4n) is 2.01. The molecule has 0 aliphatic carbocycles. The molecule has 0 unspecified atom stereocenters. The van der Waals surface area contributed by atoms with Crippen LogP contribution in [0.25, 0.3) is 21.8 Å². The van der Waals surface area contributed by atoms with Gasteiger partial charge < -0.3 is 10.1 Å². The topological polar surface area (TPSA) is 53.1 Å². The van der Waals surface area contributed by atoms with E-state index in [0.717, 1.165) is 6.42 Å². The average molecular weight is 255 g/mol. The standard InChI is InChI=1S/C12H9N.C4H8O2/c1-3-7-11-9(5-1)10-6-2-4-8-12(10)13-11;1-2-3-4(5)6/h1-8,13H;2-3H2,1H3,(H,5,6). The summed E-state index contributed by atoms with van der Waals surface area (Å²) in [5, 5.41) is 10.5. The molecule has 0 saturated heterocycles. The quantitative estimate of drug-likeness (QED) is 0.721. The molecule has 0 aliphatic heterocycles. The number of carboxylic acid groups (broad SMARTS) is 1. The molecule has 0 radical (unpaired) electrons. The fourth-order valence-corrected chi connectivity index (χ4v) is 2.01. The SMILES string of the molecule is CCCC(=O)O.c1ccc2c(c1)[nH]c1ccccc12. The van der Waals surface area contributed by atoms with E-state index in [9.17, 15) is 4.79 Å². The largest absolute Gasteiger partial charge is 0.481 e. The van der Waals surface area contributed by atoms with Gasteiger partial charge in [-0.3, -0.25) is 4.79 Å². The van der Waals surface area contributed by atoms with E-state index in [4.69, 9.17) is 5.11 Å². The molecule has 3 rings (SSSR count). The first-order valence-corrected chi connectivity index (χ1v) is 6.39. The van der Waals surface area contributed by atoms with E-state index in [0.29, 0.717) is 6.42 Å². The molecule has 1 heterocycles. The second kappa shape index (κ2) is 6.05. The van der Waals surface area contributed by atoms with E-state index in [-0.39, 0.29) is 0 Å². The van der Waals surface area contributed by atoms with Crippen molar-refractivity contribution in [2.45, 2.75) is 19.8 Å². The molecule has 0 fully saturated rings. The lowest BCUT2D eigenvalue weighted by molar-refractivity contribution is -0.137. The van der Waals surface area contributed by atoms with Crippen molar-refractivity contribution in [3.8, 4) is 0 Å². The third-order valence-corrected chi connectivity index (χ3v) is 2.88. The molecular formula is C16H17NO2. The van der Waals surface area contributed by atoms with Gasteiger partial charge in [0, 0.05) is 28.2 Å². The van der Waals surface area contributed by atoms with Crippen molar-refractivity contribution >= 4 is 27.8 Å². The Morgan fingerprint density at radius 1 is 1.00 bits per heavy atom. The zero-order chi connectivity index (χ0) is 13.7. The normalized spacial score (nSPS) is 10.2. The maximum Gasteiger partial charge on any atom is 0.303 e. The van der Waals surface area contributed by atoms with Crippen molar-refractivity contribution in [3.05, 3.63) is 48.5 Å². The molecule has 0 spiro atoms. The molecule has 19 heavy (non-hydrogen) atoms. The Balaban J connectivity index is 0.000000192. The van der Waals surface area contributed by atoms with Gasteiger partial charge in [0.25, 0.3) is 0 Å². The summed E-state index contributed by atoms with van der Waals surface area (Å²) in [6.45, 7) is 1.84. The van der Waals surface area contributed by atoms with E-state index < -0.39 is 5.97 Å². The highest BCUT2D eigenvalue weighted by molar-refractivity contribution is 6.06. The van der Waals surface area contributed by atoms with Crippen LogP contribution < -0.4 is 0 Å². The van der Waals surface area contributed by atoms with Crippen molar-refractivity contribution in [1.29, 1.82) is 0 Å². The molecule has 1 aromatic heterocycles. The molecule has 2 aromatic carbocycles. The fraction of sp³-hybridized carbons (Fsp3) is 0.188. The van der Waals surface area contributed by atoms with E-state index in [1.165, 1.54) is 21.8 Å². The van der Waals surface area contributed by atoms with E-state index in [2.05, 4.69) is 53.5 Å². The third kappa shape index (κ3) is 3.13. The lowest BCUT2D eigenvalue weighted by atomic mass is 10.2. The summed E-state index contributed by atoms with van der Waals surface area (Å²) >= 11 is 0. The predicted molar refractivity (Wildman–Crippen MR) is 78.3 cm³/mol. The molecule has 0 bridgehead atoms. The number of carbonyl (C=O) groups is 1. The summed E-state index contributed by atoms with van der Waals surface area (Å²) in [4.78, 5) is 13.0. The predicted octanol–water partition coefficient (Wildman–Crippen LogP) is 4.19. The van der Waals surface area contributed by atoms with Gasteiger partial charge in [-0.1, -0.05) is 43.3 Å². The highest BCUT2D eigenvalue weighted by Gasteiger charge is 2.00. The molecule has 0 aliphatic rings. The van der Waals surface area contributed by atoms with Gasteiger partial charge in [-0.05, 0) is 18.6 Å². The van der Waals surface area contributed by atoms with Crippen LogP contribution in [0.3, 0.4) is 0 Å². The minimum absolute atomic E-state index is 0.292. The molecular weight excluding hydrogens is 238 g/mol. The van der Waals surface area contributed by atoms with Crippen LogP contribution in [-0.4, -0.2) is 16.1 Å². The number of hydrogen-bond acceptors (Lipinski definition) is 1. The van der Waals surface area contributed by atoms with Crippen molar-refractivity contribution in [3.63, 3.8) is 0 Å². The smallest absolute Gasteiger partial charge is 0.303 e. The van der Waals surface area contributed by atoms with E-state index >= 15 is 0 Å². The summed E-state index contributed by atoms with van der Waals surface area (Å²) < 4.78 is 0. The van der Waals surface area contributed by atoms with Gasteiger partial charge in [-0.25, -0.2) is 0 Å². The van der Waals surface area contributed by atoms with Gasteiger partial charge >= 0.3 is 5.97 Å². The Morgan fingerprint density at radius 2 is 1.47 bits per heavy atom. The summed E-state index contributed by atoms with van der Waals surface area (Å²) in [7, 11) is 0. The molecule has 3 aromatic rings. The second-order valence-corrected chi connectivity index (χ2v) is 4.36. The maximum atomic E-state index is 9.60. The van der Waals surface area contributed by atoms with Gasteiger partial charge in [-0.2, -0.15) is 0 Å². The van der Waals surface area contributed by atoms with Crippen LogP contribution in [0.15, 0.2) is 48.5 Å². The van der Waals surface area contributed by atoms with Crippen molar-refractivity contribution in [2.75, 3.05) is 0 Å². The van der Waals surface area contributed by atoms with Gasteiger partial charge in [0.2, 0.25) is 0 Å². The number of H-pyrrole nitrogens is 1. The molecule has 0 amide bonds. The summed E-state index contributed by atoms with van der Waals surface area (Å²) in [5.41, 5.74) is 2.42. The number of aliphatic carboxylic acids is 1. The summed E-state index contributed by atoms with van der Waals surface area (Å²) in [6.07, 6.45) is 1.02. The average Bonchev–Trinajstić information content (AvgIpc) is 2.78. The van der Waals surface area contributed by atoms with Crippen molar-refractivity contribution in [1.82, 2.24) is 4.98 Å². The Morgan fingerprint density at radius 3 is 1.84 bits per heavy atom. The summed E-state index contributed by atoms with van der Waals surface area (Å²) in [5.74, 6) is -0.711. The highest BCUT2D eigenvalue weighted by atomic mass is 16.4. The first-order valence-electron chi connectivity index (χ1n) is 6.39. The molecule has 2 N–H and O–H groups in total. The number of para-hydroxylation sites is 2. The Kier molecular flexibility index (Phi) is 4.18. The van der Waals surface area contributed by atoms with Crippen LogP contribution in [0.5, 0.6) is 0 Å². The number of benzene rings is 2. The van der Waals surface area contributed by atoms with Crippen molar-refractivity contribution in [2.24, 2.45) is 0 Å². The Labute approximate surface area is 111 Å². The first-order chi connectivity index (χ1) is 9.22. The number of nitrogens with one attached hydrogen (secondary N) is 1. The van der Waals surface area contributed by atoms with Gasteiger partial charge in [0.1, 0.15) is 0 Å². The van der Waals surface area contributed by atoms with Crippen LogP contribution in [0, 0.1) is 0 Å². The van der Waals surface area contributed by atoms with Gasteiger partial charge in [-0.15, -0.1) is 0 Å². The van der Waals surface area contributed by atoms with E-state index in [1.807, 2.05) is 6.92 Å². The lowest BCUT2D eigenvalue weighted by Crippen LogP contribution is -1.90. The first kappa shape index (κ1) is 13.1. The minimum Gasteiger partial charge on any atom is -0.481 e. The summed E-state index contributed by atoms with van der Waals surface area (Å²) in [6, 6.07) is 16.8. The second-order valence-electron chi connectivity index (χ2n) is 4.36. The van der Waals surface area contributed by atoms with Gasteiger partial charge in [0.15, 0.2) is 0 Å². The monoisotopic (exact) mass is 255 g/mol. The molecule has 3 heteroatoms. The Bertz CT molecular complexity index is 635. The zero-order valence-electron chi connectivity index (χ0n) is 10.9. The zero-order valence-corrected chi connectivity index (χ0v) is 10.9. The number of rotatable bonds is 2. The number of fused-ring (bicyclic) bond motifs is 3. The molecule has 98 valence electrons. The number of aromatic nitrogens is 1.